The quantitative estimate of drug-likeness (QED) is 0.297. The number of carbonyl (C=O) groups excluding carboxylic acids is 1. The summed E-state index contributed by atoms with van der Waals surface area (Å²) in [5.74, 6) is -0.150. The number of carbonyl (C=O) groups is 1. The summed E-state index contributed by atoms with van der Waals surface area (Å²) in [6.07, 6.45) is 1.60. The maximum absolute atomic E-state index is 10.9. The van der Waals surface area contributed by atoms with Crippen LogP contribution in [-0.4, -0.2) is 50.5 Å². The zero-order chi connectivity index (χ0) is 11.5. The molecule has 0 aromatic heterocycles. The standard InChI is InChI=1S/C9H20O4Si2/c1-2-8(10)6-9(11)7-12-4-3-5-15-13-14/h2,9,11H,1,3-7,15H2,14H3. The van der Waals surface area contributed by atoms with Crippen LogP contribution in [0.1, 0.15) is 12.8 Å². The van der Waals surface area contributed by atoms with Crippen molar-refractivity contribution in [3.8, 4) is 0 Å². The molecule has 88 valence electrons. The van der Waals surface area contributed by atoms with E-state index < -0.39 is 6.10 Å². The molecule has 0 aliphatic carbocycles. The highest BCUT2D eigenvalue weighted by Crippen LogP contribution is 1.97. The smallest absolute Gasteiger partial charge is 0.157 e. The molecule has 0 radical (unpaired) electrons. The molecule has 15 heavy (non-hydrogen) atoms. The normalized spacial score (nSPS) is 13.4. The van der Waals surface area contributed by atoms with Crippen LogP contribution in [0.3, 0.4) is 0 Å². The molecule has 0 aliphatic rings. The lowest BCUT2D eigenvalue weighted by molar-refractivity contribution is -0.117. The topological polar surface area (TPSA) is 55.8 Å². The molecule has 4 nitrogen and oxygen atoms in total. The SMILES string of the molecule is C=CC(=O)CC(O)COCCC[SiH2]O[SiH3]. The van der Waals surface area contributed by atoms with Gasteiger partial charge in [-0.15, -0.1) is 0 Å². The van der Waals surface area contributed by atoms with Crippen LogP contribution in [0.2, 0.25) is 6.04 Å². The number of aliphatic hydroxyl groups excluding tert-OH is 1. The molecule has 0 saturated carbocycles. The van der Waals surface area contributed by atoms with Gasteiger partial charge < -0.3 is 14.0 Å². The second kappa shape index (κ2) is 10.2. The molecule has 0 spiro atoms. The van der Waals surface area contributed by atoms with Gasteiger partial charge in [0.25, 0.3) is 0 Å². The molecule has 0 heterocycles. The molecule has 0 amide bonds. The molecule has 0 aromatic rings. The fourth-order valence-electron chi connectivity index (χ4n) is 1.04. The number of allylic oxidation sites excluding steroid dienone is 1. The van der Waals surface area contributed by atoms with Crippen molar-refractivity contribution in [1.29, 1.82) is 0 Å². The van der Waals surface area contributed by atoms with Gasteiger partial charge in [0.2, 0.25) is 0 Å². The van der Waals surface area contributed by atoms with Crippen molar-refractivity contribution in [3.63, 3.8) is 0 Å². The van der Waals surface area contributed by atoms with E-state index in [1.807, 2.05) is 0 Å². The number of aliphatic hydroxyl groups is 1. The zero-order valence-corrected chi connectivity index (χ0v) is 12.7. The van der Waals surface area contributed by atoms with Crippen molar-refractivity contribution >= 4 is 26.0 Å². The fourth-order valence-corrected chi connectivity index (χ4v) is 2.61. The molecule has 1 atom stereocenters. The predicted octanol–water partition coefficient (Wildman–Crippen LogP) is -1.30. The van der Waals surface area contributed by atoms with Gasteiger partial charge in [0.05, 0.1) is 12.7 Å². The summed E-state index contributed by atoms with van der Waals surface area (Å²) in [5, 5.41) is 9.35. The van der Waals surface area contributed by atoms with Crippen LogP contribution in [0.15, 0.2) is 12.7 Å². The van der Waals surface area contributed by atoms with Gasteiger partial charge in [-0.2, -0.15) is 0 Å². The van der Waals surface area contributed by atoms with Crippen molar-refractivity contribution in [2.24, 2.45) is 0 Å². The third-order valence-corrected chi connectivity index (χ3v) is 4.28. The van der Waals surface area contributed by atoms with E-state index in [-0.39, 0.29) is 28.6 Å². The van der Waals surface area contributed by atoms with E-state index in [2.05, 4.69) is 6.58 Å². The number of ether oxygens (including phenoxy) is 1. The van der Waals surface area contributed by atoms with Crippen LogP contribution in [0.25, 0.3) is 0 Å². The van der Waals surface area contributed by atoms with E-state index in [1.54, 1.807) is 0 Å². The lowest BCUT2D eigenvalue weighted by Gasteiger charge is -2.09. The van der Waals surface area contributed by atoms with E-state index in [4.69, 9.17) is 8.85 Å². The summed E-state index contributed by atoms with van der Waals surface area (Å²) in [5.41, 5.74) is 0. The van der Waals surface area contributed by atoms with Gasteiger partial charge in [-0.05, 0) is 18.5 Å². The van der Waals surface area contributed by atoms with Crippen molar-refractivity contribution in [1.82, 2.24) is 0 Å². The van der Waals surface area contributed by atoms with Crippen LogP contribution in [0, 0.1) is 0 Å². The van der Waals surface area contributed by atoms with E-state index in [9.17, 15) is 9.90 Å². The highest BCUT2D eigenvalue weighted by molar-refractivity contribution is 6.34. The molecule has 1 N–H and O–H groups in total. The van der Waals surface area contributed by atoms with Crippen molar-refractivity contribution in [2.75, 3.05) is 13.2 Å². The number of hydrogen-bond acceptors (Lipinski definition) is 4. The summed E-state index contributed by atoms with van der Waals surface area (Å²) < 4.78 is 10.4. The van der Waals surface area contributed by atoms with Gasteiger partial charge in [-0.25, -0.2) is 0 Å². The second-order valence-corrected chi connectivity index (χ2v) is 6.73. The summed E-state index contributed by atoms with van der Waals surface area (Å²) in [4.78, 5) is 10.9. The first-order valence-corrected chi connectivity index (χ1v) is 7.50. The molecule has 6 heteroatoms. The predicted molar refractivity (Wildman–Crippen MR) is 65.6 cm³/mol. The Hall–Kier alpha value is -0.276. The molecule has 0 bridgehead atoms. The molecule has 1 unspecified atom stereocenters. The Bertz CT molecular complexity index is 187. The van der Waals surface area contributed by atoms with E-state index >= 15 is 0 Å². The Morgan fingerprint density at radius 2 is 2.40 bits per heavy atom. The number of hydrogen-bond donors (Lipinski definition) is 1. The maximum atomic E-state index is 10.9. The average molecular weight is 248 g/mol. The molecule has 0 aliphatic heterocycles. The Balaban J connectivity index is 3.27. The number of rotatable bonds is 10. The van der Waals surface area contributed by atoms with E-state index in [1.165, 1.54) is 6.08 Å². The molecule has 0 rings (SSSR count). The largest absolute Gasteiger partial charge is 0.468 e. The molecular formula is C9H20O4Si2. The van der Waals surface area contributed by atoms with Crippen LogP contribution >= 0.6 is 0 Å². The average Bonchev–Trinajstić information content (AvgIpc) is 2.23. The van der Waals surface area contributed by atoms with Gasteiger partial charge in [-0.1, -0.05) is 6.58 Å². The first-order chi connectivity index (χ1) is 7.20. The first-order valence-electron chi connectivity index (χ1n) is 5.10. The van der Waals surface area contributed by atoms with Gasteiger partial charge in [0.1, 0.15) is 20.2 Å². The lowest BCUT2D eigenvalue weighted by Crippen LogP contribution is -2.19. The Morgan fingerprint density at radius 1 is 1.67 bits per heavy atom. The Kier molecular flexibility index (Phi) is 10.1. The maximum Gasteiger partial charge on any atom is 0.157 e. The molecule has 0 aromatic carbocycles. The van der Waals surface area contributed by atoms with Crippen LogP contribution in [0.5, 0.6) is 0 Å². The third-order valence-electron chi connectivity index (χ3n) is 1.86. The fraction of sp³-hybridized carbons (Fsp3) is 0.667. The summed E-state index contributed by atoms with van der Waals surface area (Å²) in [6.45, 7) is 4.20. The minimum Gasteiger partial charge on any atom is -0.468 e. The Morgan fingerprint density at radius 3 is 3.00 bits per heavy atom. The summed E-state index contributed by atoms with van der Waals surface area (Å²) >= 11 is 0. The molecular weight excluding hydrogens is 228 g/mol. The van der Waals surface area contributed by atoms with Crippen molar-refractivity contribution < 1.29 is 18.8 Å². The molecule has 0 fully saturated rings. The van der Waals surface area contributed by atoms with Crippen LogP contribution in [-0.2, 0) is 13.6 Å². The van der Waals surface area contributed by atoms with Crippen molar-refractivity contribution in [2.45, 2.75) is 25.0 Å². The molecule has 0 saturated heterocycles. The monoisotopic (exact) mass is 248 g/mol. The summed E-state index contributed by atoms with van der Waals surface area (Å²) in [6, 6.07) is 1.12. The van der Waals surface area contributed by atoms with Gasteiger partial charge in [0.15, 0.2) is 5.78 Å². The van der Waals surface area contributed by atoms with Crippen molar-refractivity contribution in [3.05, 3.63) is 12.7 Å². The third kappa shape index (κ3) is 10.0. The van der Waals surface area contributed by atoms with Gasteiger partial charge >= 0.3 is 0 Å². The lowest BCUT2D eigenvalue weighted by atomic mass is 10.2. The first kappa shape index (κ1) is 14.7. The second-order valence-electron chi connectivity index (χ2n) is 3.30. The highest BCUT2D eigenvalue weighted by Gasteiger charge is 2.07. The van der Waals surface area contributed by atoms with E-state index in [0.717, 1.165) is 23.0 Å². The Labute approximate surface area is 96.1 Å². The highest BCUT2D eigenvalue weighted by atomic mass is 28.3. The van der Waals surface area contributed by atoms with E-state index in [0.29, 0.717) is 6.61 Å². The minimum absolute atomic E-state index is 0.0991. The van der Waals surface area contributed by atoms with Crippen LogP contribution < -0.4 is 0 Å². The van der Waals surface area contributed by atoms with Gasteiger partial charge in [-0.3, -0.25) is 4.79 Å². The zero-order valence-electron chi connectivity index (χ0n) is 9.28. The van der Waals surface area contributed by atoms with Crippen LogP contribution in [0.4, 0.5) is 0 Å². The van der Waals surface area contributed by atoms with Gasteiger partial charge in [0, 0.05) is 13.0 Å². The minimum atomic E-state index is -0.706. The summed E-state index contributed by atoms with van der Waals surface area (Å²) in [7, 11) is 0.542. The number of ketones is 1.